The smallest absolute Gasteiger partial charge is 0.192 e. The molecule has 0 aliphatic carbocycles. The molecule has 0 aliphatic rings. The zero-order chi connectivity index (χ0) is 30.6. The molecule has 6 aromatic rings. The lowest BCUT2D eigenvalue weighted by molar-refractivity contribution is 0.495. The summed E-state index contributed by atoms with van der Waals surface area (Å²) in [7, 11) is -5.11. The molecule has 0 N–H and O–H groups in total. The first-order valence-electron chi connectivity index (χ1n) is 16.1. The first-order chi connectivity index (χ1) is 22.2. The molecule has 0 amide bonds. The van der Waals surface area contributed by atoms with E-state index in [1.54, 1.807) is 0 Å². The maximum Gasteiger partial charge on any atom is 0.192 e. The summed E-state index contributed by atoms with van der Waals surface area (Å²) >= 11 is 0. The molecule has 0 atom stereocenters. The minimum Gasteiger partial charge on any atom is -0.453 e. The highest BCUT2D eigenvalue weighted by Crippen LogP contribution is 2.33. The minimum absolute atomic E-state index is 0.977. The van der Waals surface area contributed by atoms with E-state index in [9.17, 15) is 0 Å². The Bertz CT molecular complexity index is 1360. The molecule has 0 aromatic heterocycles. The molecule has 0 fully saturated rings. The van der Waals surface area contributed by atoms with E-state index < -0.39 is 16.6 Å². The molecule has 0 spiro atoms. The number of rotatable bonds is 14. The molecule has 6 aromatic carbocycles. The first-order valence-corrected chi connectivity index (χ1v) is 21.2. The minimum atomic E-state index is -2.55. The van der Waals surface area contributed by atoms with Crippen molar-refractivity contribution >= 4 is 16.6 Å². The Hall–Kier alpha value is -4.29. The Balaban J connectivity index is 1.53. The van der Waals surface area contributed by atoms with E-state index in [0.717, 1.165) is 36.3 Å². The molecule has 6 rings (SSSR count). The summed E-state index contributed by atoms with van der Waals surface area (Å²) < 4.78 is 8.33. The summed E-state index contributed by atoms with van der Waals surface area (Å²) in [4.78, 5) is 0. The van der Waals surface area contributed by atoms with Crippen LogP contribution in [0.15, 0.2) is 182 Å². The van der Waals surface area contributed by atoms with Crippen molar-refractivity contribution in [2.75, 3.05) is 0 Å². The Morgan fingerprint density at radius 1 is 0.244 bits per heavy atom. The lowest BCUT2D eigenvalue weighted by Gasteiger charge is -2.44. The second-order valence-corrected chi connectivity index (χ2v) is 20.1. The van der Waals surface area contributed by atoms with E-state index in [2.05, 4.69) is 182 Å². The van der Waals surface area contributed by atoms with Crippen molar-refractivity contribution in [1.82, 2.24) is 0 Å². The number of hydrogen-bond donors (Lipinski definition) is 0. The second-order valence-electron chi connectivity index (χ2n) is 12.4. The summed E-state index contributed by atoms with van der Waals surface area (Å²) in [5.41, 5.74) is 8.24. The van der Waals surface area contributed by atoms with Crippen molar-refractivity contribution in [2.24, 2.45) is 0 Å². The van der Waals surface area contributed by atoms with Crippen LogP contribution >= 0.6 is 0 Å². The summed E-state index contributed by atoms with van der Waals surface area (Å²) in [6.07, 6.45) is 0. The van der Waals surface area contributed by atoms with Crippen LogP contribution in [0, 0.1) is 0 Å². The number of benzene rings is 6. The molecule has 1 nitrogen and oxygen atoms in total. The molecular formula is C42H42OSi2. The molecule has 0 radical (unpaired) electrons. The largest absolute Gasteiger partial charge is 0.453 e. The molecule has 0 bridgehead atoms. The van der Waals surface area contributed by atoms with Crippen molar-refractivity contribution in [3.05, 3.63) is 215 Å². The third-order valence-electron chi connectivity index (χ3n) is 8.65. The maximum absolute atomic E-state index is 8.33. The van der Waals surface area contributed by atoms with Crippen molar-refractivity contribution in [3.8, 4) is 0 Å². The van der Waals surface area contributed by atoms with Gasteiger partial charge in [0.05, 0.1) is 0 Å². The number of hydrogen-bond acceptors (Lipinski definition) is 1. The highest BCUT2D eigenvalue weighted by atomic mass is 28.4. The van der Waals surface area contributed by atoms with Gasteiger partial charge in [-0.3, -0.25) is 0 Å². The third kappa shape index (κ3) is 8.89. The second kappa shape index (κ2) is 15.1. The summed E-state index contributed by atoms with van der Waals surface area (Å²) in [5, 5.41) is 0. The molecule has 45 heavy (non-hydrogen) atoms. The van der Waals surface area contributed by atoms with Crippen LogP contribution < -0.4 is 0 Å². The van der Waals surface area contributed by atoms with Gasteiger partial charge in [-0.1, -0.05) is 182 Å². The first kappa shape index (κ1) is 30.7. The summed E-state index contributed by atoms with van der Waals surface area (Å²) in [6.45, 7) is 0. The van der Waals surface area contributed by atoms with Gasteiger partial charge in [0.25, 0.3) is 0 Å². The zero-order valence-corrected chi connectivity index (χ0v) is 28.0. The average molecular weight is 619 g/mol. The van der Waals surface area contributed by atoms with Gasteiger partial charge in [0.2, 0.25) is 0 Å². The molecule has 224 valence electrons. The lowest BCUT2D eigenvalue weighted by Crippen LogP contribution is -2.60. The summed E-state index contributed by atoms with van der Waals surface area (Å²) in [5.74, 6) is 0. The van der Waals surface area contributed by atoms with Crippen LogP contribution in [0.2, 0.25) is 0 Å². The quantitative estimate of drug-likeness (QED) is 0.110. The Morgan fingerprint density at radius 3 is 0.556 bits per heavy atom. The molecule has 0 unspecified atom stereocenters. The Kier molecular flexibility index (Phi) is 10.3. The predicted octanol–water partition coefficient (Wildman–Crippen LogP) is 9.59. The fourth-order valence-electron chi connectivity index (χ4n) is 6.86. The predicted molar refractivity (Wildman–Crippen MR) is 193 cm³/mol. The van der Waals surface area contributed by atoms with Crippen LogP contribution in [0.4, 0.5) is 0 Å². The van der Waals surface area contributed by atoms with Crippen molar-refractivity contribution < 1.29 is 4.12 Å². The van der Waals surface area contributed by atoms with Gasteiger partial charge in [-0.15, -0.1) is 0 Å². The van der Waals surface area contributed by atoms with Crippen LogP contribution in [-0.4, -0.2) is 16.6 Å². The molecular weight excluding hydrogens is 577 g/mol. The topological polar surface area (TPSA) is 9.23 Å². The molecule has 0 saturated heterocycles. The van der Waals surface area contributed by atoms with E-state index >= 15 is 0 Å². The van der Waals surface area contributed by atoms with Crippen LogP contribution in [-0.2, 0) is 40.4 Å². The van der Waals surface area contributed by atoms with Gasteiger partial charge in [0, 0.05) is 0 Å². The van der Waals surface area contributed by atoms with Gasteiger partial charge >= 0.3 is 0 Å². The molecule has 0 heterocycles. The summed E-state index contributed by atoms with van der Waals surface area (Å²) in [6, 6.07) is 72.4. The van der Waals surface area contributed by atoms with Crippen molar-refractivity contribution in [3.63, 3.8) is 0 Å². The van der Waals surface area contributed by atoms with Gasteiger partial charge in [-0.2, -0.15) is 0 Å². The van der Waals surface area contributed by atoms with Crippen molar-refractivity contribution in [1.29, 1.82) is 0 Å². The van der Waals surface area contributed by atoms with Crippen LogP contribution in [0.25, 0.3) is 0 Å². The SMILES string of the molecule is c1ccc(C[Si](Cc2ccccc2)(Cc2ccccc2)O[Si](Cc2ccccc2)(Cc2ccccc2)Cc2ccccc2)cc1. The monoisotopic (exact) mass is 618 g/mol. The van der Waals surface area contributed by atoms with E-state index in [4.69, 9.17) is 4.12 Å². The standard InChI is InChI=1S/C42H42OSi2/c1-7-19-37(20-8-1)31-44(32-38-21-9-2-10-22-38,33-39-23-11-3-12-24-39)43-45(34-40-25-13-4-14-26-40,35-41-27-15-5-16-28-41)36-42-29-17-6-18-30-42/h1-30H,31-36H2. The van der Waals surface area contributed by atoms with Crippen molar-refractivity contribution in [2.45, 2.75) is 36.3 Å². The van der Waals surface area contributed by atoms with Gasteiger partial charge in [-0.25, -0.2) is 0 Å². The van der Waals surface area contributed by atoms with Gasteiger partial charge < -0.3 is 4.12 Å². The Labute approximate surface area is 271 Å². The maximum atomic E-state index is 8.33. The molecule has 0 saturated carbocycles. The zero-order valence-electron chi connectivity index (χ0n) is 26.0. The fourth-order valence-corrected chi connectivity index (χ4v) is 18.9. The highest BCUT2D eigenvalue weighted by Gasteiger charge is 2.46. The van der Waals surface area contributed by atoms with E-state index in [0.29, 0.717) is 0 Å². The van der Waals surface area contributed by atoms with Crippen LogP contribution in [0.3, 0.4) is 0 Å². The molecule has 3 heteroatoms. The average Bonchev–Trinajstić information content (AvgIpc) is 3.07. The van der Waals surface area contributed by atoms with Crippen LogP contribution in [0.5, 0.6) is 0 Å². The van der Waals surface area contributed by atoms with E-state index in [1.165, 1.54) is 33.4 Å². The van der Waals surface area contributed by atoms with Gasteiger partial charge in [0.1, 0.15) is 0 Å². The highest BCUT2D eigenvalue weighted by molar-refractivity contribution is 6.85. The third-order valence-corrected chi connectivity index (χ3v) is 18.4. The normalized spacial score (nSPS) is 11.7. The van der Waals surface area contributed by atoms with Crippen LogP contribution in [0.1, 0.15) is 33.4 Å². The van der Waals surface area contributed by atoms with E-state index in [1.807, 2.05) is 0 Å². The lowest BCUT2D eigenvalue weighted by atomic mass is 10.2. The Morgan fingerprint density at radius 2 is 0.400 bits per heavy atom. The molecule has 0 aliphatic heterocycles. The van der Waals surface area contributed by atoms with Gasteiger partial charge in [0.15, 0.2) is 16.6 Å². The van der Waals surface area contributed by atoms with Gasteiger partial charge in [-0.05, 0) is 69.6 Å². The van der Waals surface area contributed by atoms with E-state index in [-0.39, 0.29) is 0 Å². The fraction of sp³-hybridized carbons (Fsp3) is 0.143.